The lowest BCUT2D eigenvalue weighted by Crippen LogP contribution is -2.35. The van der Waals surface area contributed by atoms with E-state index in [0.717, 1.165) is 12.0 Å². The molecule has 0 spiro atoms. The van der Waals surface area contributed by atoms with Crippen molar-refractivity contribution in [2.75, 3.05) is 6.54 Å². The number of ether oxygens (including phenoxy) is 1. The molecule has 0 aliphatic heterocycles. The van der Waals surface area contributed by atoms with Gasteiger partial charge >= 0.3 is 6.09 Å². The summed E-state index contributed by atoms with van der Waals surface area (Å²) in [5.74, 6) is -0.150. The smallest absolute Gasteiger partial charge is 0.407 e. The van der Waals surface area contributed by atoms with Gasteiger partial charge in [-0.2, -0.15) is 0 Å². The fraction of sp³-hybridized carbons (Fsp3) is 0.286. The minimum absolute atomic E-state index is 0.136. The summed E-state index contributed by atoms with van der Waals surface area (Å²) in [6.45, 7) is 5.55. The van der Waals surface area contributed by atoms with Crippen LogP contribution in [0.25, 0.3) is 11.1 Å². The van der Waals surface area contributed by atoms with Gasteiger partial charge in [0, 0.05) is 0 Å². The lowest BCUT2D eigenvalue weighted by Gasteiger charge is -2.19. The van der Waals surface area contributed by atoms with Crippen LogP contribution in [0.4, 0.5) is 4.79 Å². The SMILES string of the molecule is CC(C)(C)OC(=O)NC/C(=N\N=C(N)N)c1ccc2c(c1)Cc1ccccc1-2. The number of nitrogens with two attached hydrogens (primary N) is 2. The zero-order chi connectivity index (χ0) is 20.3. The molecule has 7 heteroatoms. The van der Waals surface area contributed by atoms with Crippen LogP contribution < -0.4 is 16.8 Å². The van der Waals surface area contributed by atoms with E-state index < -0.39 is 11.7 Å². The van der Waals surface area contributed by atoms with E-state index in [0.29, 0.717) is 5.71 Å². The van der Waals surface area contributed by atoms with Gasteiger partial charge in [-0.25, -0.2) is 4.79 Å². The molecular formula is C21H25N5O2. The maximum Gasteiger partial charge on any atom is 0.407 e. The maximum atomic E-state index is 12.0. The van der Waals surface area contributed by atoms with Crippen molar-refractivity contribution in [3.05, 3.63) is 59.2 Å². The number of nitrogens with one attached hydrogen (secondary N) is 1. The topological polar surface area (TPSA) is 115 Å². The lowest BCUT2D eigenvalue weighted by molar-refractivity contribution is 0.0536. The van der Waals surface area contributed by atoms with E-state index in [9.17, 15) is 4.79 Å². The van der Waals surface area contributed by atoms with E-state index in [-0.39, 0.29) is 12.5 Å². The maximum absolute atomic E-state index is 12.0. The lowest BCUT2D eigenvalue weighted by atomic mass is 10.0. The van der Waals surface area contributed by atoms with Crippen molar-refractivity contribution in [1.29, 1.82) is 0 Å². The predicted octanol–water partition coefficient (Wildman–Crippen LogP) is 2.76. The standard InChI is InChI=1S/C21H25N5O2/c1-21(2,3)28-20(27)24-12-18(25-26-19(22)23)14-8-9-17-15(11-14)10-13-6-4-5-7-16(13)17/h4-9,11H,10,12H2,1-3H3,(H,24,27)(H4,22,23,26)/b25-18+. The quantitative estimate of drug-likeness (QED) is 0.367. The van der Waals surface area contributed by atoms with E-state index in [2.05, 4.69) is 39.8 Å². The van der Waals surface area contributed by atoms with Crippen molar-refractivity contribution in [1.82, 2.24) is 5.32 Å². The van der Waals surface area contributed by atoms with Crippen LogP contribution in [0.5, 0.6) is 0 Å². The summed E-state index contributed by atoms with van der Waals surface area (Å²) >= 11 is 0. The first-order valence-corrected chi connectivity index (χ1v) is 9.07. The van der Waals surface area contributed by atoms with Gasteiger partial charge in [0.05, 0.1) is 12.3 Å². The second kappa shape index (κ2) is 7.72. The molecule has 7 nitrogen and oxygen atoms in total. The summed E-state index contributed by atoms with van der Waals surface area (Å²) in [6, 6.07) is 14.4. The monoisotopic (exact) mass is 379 g/mol. The molecule has 0 unspecified atom stereocenters. The van der Waals surface area contributed by atoms with Crippen LogP contribution in [-0.4, -0.2) is 29.9 Å². The second-order valence-electron chi connectivity index (χ2n) is 7.63. The molecule has 0 fully saturated rings. The van der Waals surface area contributed by atoms with E-state index in [1.807, 2.05) is 18.2 Å². The van der Waals surface area contributed by atoms with Gasteiger partial charge in [0.15, 0.2) is 0 Å². The van der Waals surface area contributed by atoms with Gasteiger partial charge in [-0.05, 0) is 61.1 Å². The first-order valence-electron chi connectivity index (χ1n) is 9.07. The van der Waals surface area contributed by atoms with E-state index >= 15 is 0 Å². The number of benzene rings is 2. The number of fused-ring (bicyclic) bond motifs is 3. The van der Waals surface area contributed by atoms with Crippen LogP contribution in [0.1, 0.15) is 37.5 Å². The first-order chi connectivity index (χ1) is 13.2. The van der Waals surface area contributed by atoms with E-state index in [1.54, 1.807) is 20.8 Å². The molecule has 146 valence electrons. The van der Waals surface area contributed by atoms with Crippen LogP contribution in [0.15, 0.2) is 52.7 Å². The minimum atomic E-state index is -0.583. The number of nitrogens with zero attached hydrogens (tertiary/aromatic N) is 2. The third-order valence-electron chi connectivity index (χ3n) is 4.21. The van der Waals surface area contributed by atoms with Crippen molar-refractivity contribution in [2.24, 2.45) is 21.7 Å². The van der Waals surface area contributed by atoms with Crippen molar-refractivity contribution in [3.8, 4) is 11.1 Å². The van der Waals surface area contributed by atoms with Crippen molar-refractivity contribution >= 4 is 17.8 Å². The Morgan fingerprint density at radius 2 is 1.79 bits per heavy atom. The fourth-order valence-corrected chi connectivity index (χ4v) is 3.11. The molecule has 0 bridgehead atoms. The highest BCUT2D eigenvalue weighted by Gasteiger charge is 2.20. The van der Waals surface area contributed by atoms with Crippen LogP contribution in [0.3, 0.4) is 0 Å². The minimum Gasteiger partial charge on any atom is -0.444 e. The number of hydrogen-bond acceptors (Lipinski definition) is 4. The van der Waals surface area contributed by atoms with E-state index in [4.69, 9.17) is 16.2 Å². The molecule has 0 saturated heterocycles. The van der Waals surface area contributed by atoms with Gasteiger partial charge in [-0.3, -0.25) is 0 Å². The molecule has 0 saturated carbocycles. The number of alkyl carbamates (subject to hydrolysis) is 1. The summed E-state index contributed by atoms with van der Waals surface area (Å²) in [4.78, 5) is 12.0. The molecule has 1 aliphatic rings. The third kappa shape index (κ3) is 4.68. The Morgan fingerprint density at radius 3 is 2.50 bits per heavy atom. The van der Waals surface area contributed by atoms with Crippen LogP contribution >= 0.6 is 0 Å². The van der Waals surface area contributed by atoms with Gasteiger partial charge in [-0.1, -0.05) is 36.4 Å². The normalized spacial score (nSPS) is 12.8. The Kier molecular flexibility index (Phi) is 5.35. The summed E-state index contributed by atoms with van der Waals surface area (Å²) < 4.78 is 5.28. The molecule has 28 heavy (non-hydrogen) atoms. The summed E-state index contributed by atoms with van der Waals surface area (Å²) in [7, 11) is 0. The highest BCUT2D eigenvalue weighted by Crippen LogP contribution is 2.36. The van der Waals surface area contributed by atoms with Crippen LogP contribution in [0.2, 0.25) is 0 Å². The first kappa shape index (κ1) is 19.4. The largest absolute Gasteiger partial charge is 0.444 e. The molecule has 2 aromatic rings. The van der Waals surface area contributed by atoms with Crippen molar-refractivity contribution in [2.45, 2.75) is 32.8 Å². The Labute approximate surface area is 164 Å². The van der Waals surface area contributed by atoms with Gasteiger partial charge < -0.3 is 21.5 Å². The second-order valence-corrected chi connectivity index (χ2v) is 7.63. The molecule has 5 N–H and O–H groups in total. The highest BCUT2D eigenvalue weighted by atomic mass is 16.6. The van der Waals surface area contributed by atoms with Crippen molar-refractivity contribution in [3.63, 3.8) is 0 Å². The number of rotatable bonds is 4. The van der Waals surface area contributed by atoms with Crippen molar-refractivity contribution < 1.29 is 9.53 Å². The number of guanidine groups is 1. The molecule has 2 aromatic carbocycles. The predicted molar refractivity (Wildman–Crippen MR) is 111 cm³/mol. The zero-order valence-electron chi connectivity index (χ0n) is 16.3. The van der Waals surface area contributed by atoms with Crippen LogP contribution in [-0.2, 0) is 11.2 Å². The number of amides is 1. The van der Waals surface area contributed by atoms with E-state index in [1.165, 1.54) is 22.3 Å². The highest BCUT2D eigenvalue weighted by molar-refractivity contribution is 6.04. The summed E-state index contributed by atoms with van der Waals surface area (Å²) in [6.07, 6.45) is 0.326. The third-order valence-corrected chi connectivity index (χ3v) is 4.21. The molecule has 3 rings (SSSR count). The van der Waals surface area contributed by atoms with Gasteiger partial charge in [0.25, 0.3) is 0 Å². The fourth-order valence-electron chi connectivity index (χ4n) is 3.11. The average Bonchev–Trinajstić information content (AvgIpc) is 2.97. The average molecular weight is 379 g/mol. The molecule has 0 heterocycles. The molecule has 1 amide bonds. The molecule has 0 aromatic heterocycles. The van der Waals surface area contributed by atoms with Gasteiger partial charge in [-0.15, -0.1) is 10.2 Å². The van der Waals surface area contributed by atoms with Gasteiger partial charge in [0.2, 0.25) is 5.96 Å². The Bertz CT molecular complexity index is 954. The molecule has 0 radical (unpaired) electrons. The number of hydrogen-bond donors (Lipinski definition) is 3. The summed E-state index contributed by atoms with van der Waals surface area (Å²) in [5, 5.41) is 10.6. The summed E-state index contributed by atoms with van der Waals surface area (Å²) in [5.41, 5.74) is 16.6. The number of carbonyl (C=O) groups is 1. The molecular weight excluding hydrogens is 354 g/mol. The molecule has 0 atom stereocenters. The van der Waals surface area contributed by atoms with Gasteiger partial charge in [0.1, 0.15) is 5.60 Å². The Balaban J connectivity index is 1.84. The zero-order valence-corrected chi connectivity index (χ0v) is 16.3. The Hall–Kier alpha value is -3.35. The molecule has 1 aliphatic carbocycles. The number of carbonyl (C=O) groups excluding carboxylic acids is 1. The van der Waals surface area contributed by atoms with Crippen LogP contribution in [0, 0.1) is 0 Å². The Morgan fingerprint density at radius 1 is 1.07 bits per heavy atom.